The van der Waals surface area contributed by atoms with Gasteiger partial charge in [-0.2, -0.15) is 0 Å². The van der Waals surface area contributed by atoms with Gasteiger partial charge in [0.15, 0.2) is 12.2 Å². The highest BCUT2D eigenvalue weighted by molar-refractivity contribution is 5.08. The Morgan fingerprint density at radius 2 is 1.32 bits per heavy atom. The van der Waals surface area contributed by atoms with Crippen molar-refractivity contribution in [1.29, 1.82) is 0 Å². The van der Waals surface area contributed by atoms with Gasteiger partial charge in [-0.15, -0.1) is 0 Å². The summed E-state index contributed by atoms with van der Waals surface area (Å²) in [5, 5.41) is 0. The van der Waals surface area contributed by atoms with Crippen LogP contribution in [0.1, 0.15) is 61.8 Å². The Balaban J connectivity index is 4.20. The van der Waals surface area contributed by atoms with E-state index in [-0.39, 0.29) is 23.4 Å². The topological polar surface area (TPSA) is 36.9 Å². The lowest BCUT2D eigenvalue weighted by molar-refractivity contribution is -0.364. The highest BCUT2D eigenvalue weighted by Crippen LogP contribution is 2.11. The first-order valence-corrected chi connectivity index (χ1v) is 6.73. The average molecular weight is 272 g/mol. The van der Waals surface area contributed by atoms with E-state index in [1.54, 1.807) is 0 Å². The fourth-order valence-corrected chi connectivity index (χ4v) is 0.847. The molecule has 0 aliphatic heterocycles. The molecule has 0 aromatic rings. The fourth-order valence-electron chi connectivity index (χ4n) is 0.847. The third-order valence-corrected chi connectivity index (χ3v) is 1.68. The summed E-state index contributed by atoms with van der Waals surface area (Å²) in [5.74, 6) is 5.92. The smallest absolute Gasteiger partial charge is 0.153 e. The lowest BCUT2D eigenvalue weighted by Gasteiger charge is -2.20. The van der Waals surface area contributed by atoms with E-state index in [1.807, 2.05) is 55.4 Å². The van der Waals surface area contributed by atoms with Gasteiger partial charge in [0.05, 0.1) is 11.2 Å². The van der Waals surface area contributed by atoms with Crippen LogP contribution in [0.4, 0.5) is 0 Å². The molecular formula is C15H28O4. The van der Waals surface area contributed by atoms with Crippen molar-refractivity contribution in [2.24, 2.45) is 0 Å². The van der Waals surface area contributed by atoms with Crippen molar-refractivity contribution in [2.45, 2.75) is 85.2 Å². The molecule has 0 saturated carbocycles. The zero-order valence-corrected chi connectivity index (χ0v) is 13.5. The van der Waals surface area contributed by atoms with Gasteiger partial charge in [-0.25, -0.2) is 19.6 Å². The summed E-state index contributed by atoms with van der Waals surface area (Å²) < 4.78 is 0. The molecule has 0 spiro atoms. The largest absolute Gasteiger partial charge is 0.230 e. The van der Waals surface area contributed by atoms with Crippen molar-refractivity contribution in [3.8, 4) is 11.8 Å². The monoisotopic (exact) mass is 272 g/mol. The van der Waals surface area contributed by atoms with Crippen LogP contribution in [0.2, 0.25) is 0 Å². The van der Waals surface area contributed by atoms with Crippen molar-refractivity contribution in [3.05, 3.63) is 0 Å². The van der Waals surface area contributed by atoms with Gasteiger partial charge in [0.1, 0.15) is 0 Å². The standard InChI is InChI=1S/C15H28O4/c1-9-13(17-19-15(6,7)8)11-10-12(2)16-18-14(3,4)5/h12-13H,9H2,1-8H3. The first-order chi connectivity index (χ1) is 8.53. The molecule has 0 amide bonds. The number of hydrogen-bond acceptors (Lipinski definition) is 4. The molecule has 0 radical (unpaired) electrons. The predicted molar refractivity (Wildman–Crippen MR) is 75.2 cm³/mol. The summed E-state index contributed by atoms with van der Waals surface area (Å²) in [4.78, 5) is 20.9. The molecule has 0 fully saturated rings. The Bertz CT molecular complexity index is 301. The molecule has 2 atom stereocenters. The van der Waals surface area contributed by atoms with E-state index < -0.39 is 0 Å². The van der Waals surface area contributed by atoms with Crippen LogP contribution in [0.15, 0.2) is 0 Å². The van der Waals surface area contributed by atoms with Crippen LogP contribution < -0.4 is 0 Å². The maximum atomic E-state index is 5.28. The van der Waals surface area contributed by atoms with Gasteiger partial charge >= 0.3 is 0 Å². The molecule has 4 nitrogen and oxygen atoms in total. The van der Waals surface area contributed by atoms with Crippen molar-refractivity contribution in [1.82, 2.24) is 0 Å². The second-order valence-corrected chi connectivity index (χ2v) is 6.41. The molecule has 4 heteroatoms. The SMILES string of the molecule is CCC(C#CC(C)OOC(C)(C)C)OOC(C)(C)C. The quantitative estimate of drug-likeness (QED) is 0.435. The second-order valence-electron chi connectivity index (χ2n) is 6.41. The lowest BCUT2D eigenvalue weighted by Crippen LogP contribution is -2.24. The minimum absolute atomic E-state index is 0.264. The zero-order chi connectivity index (χ0) is 15.1. The van der Waals surface area contributed by atoms with E-state index >= 15 is 0 Å². The first kappa shape index (κ1) is 18.4. The Labute approximate surface area is 117 Å². The third kappa shape index (κ3) is 12.2. The minimum Gasteiger partial charge on any atom is -0.230 e. The molecule has 2 unspecified atom stereocenters. The molecule has 112 valence electrons. The normalized spacial score (nSPS) is 15.6. The van der Waals surface area contributed by atoms with Crippen molar-refractivity contribution in [3.63, 3.8) is 0 Å². The first-order valence-electron chi connectivity index (χ1n) is 6.73. The van der Waals surface area contributed by atoms with E-state index in [2.05, 4.69) is 11.8 Å². The van der Waals surface area contributed by atoms with Gasteiger partial charge in [0.25, 0.3) is 0 Å². The second kappa shape index (κ2) is 7.86. The number of hydrogen-bond donors (Lipinski definition) is 0. The van der Waals surface area contributed by atoms with Gasteiger partial charge in [0.2, 0.25) is 0 Å². The summed E-state index contributed by atoms with van der Waals surface area (Å²) in [5.41, 5.74) is -0.682. The molecule has 0 saturated heterocycles. The molecule has 19 heavy (non-hydrogen) atoms. The van der Waals surface area contributed by atoms with Crippen LogP contribution in [0.3, 0.4) is 0 Å². The van der Waals surface area contributed by atoms with Crippen LogP contribution in [0.25, 0.3) is 0 Å². The average Bonchev–Trinajstić information content (AvgIpc) is 2.24. The van der Waals surface area contributed by atoms with E-state index in [1.165, 1.54) is 0 Å². The highest BCUT2D eigenvalue weighted by atomic mass is 17.2. The molecule has 0 bridgehead atoms. The lowest BCUT2D eigenvalue weighted by atomic mass is 10.2. The molecule has 0 N–H and O–H groups in total. The summed E-state index contributed by atoms with van der Waals surface area (Å²) in [7, 11) is 0. The molecule has 0 aliphatic rings. The Kier molecular flexibility index (Phi) is 7.61. The fraction of sp³-hybridized carbons (Fsp3) is 0.867. The predicted octanol–water partition coefficient (Wildman–Crippen LogP) is 3.65. The van der Waals surface area contributed by atoms with Crippen molar-refractivity contribution < 1.29 is 19.6 Å². The van der Waals surface area contributed by atoms with Gasteiger partial charge < -0.3 is 0 Å². The van der Waals surface area contributed by atoms with Gasteiger partial charge in [-0.05, 0) is 54.9 Å². The Hall–Kier alpha value is -0.600. The van der Waals surface area contributed by atoms with E-state index in [4.69, 9.17) is 19.6 Å². The van der Waals surface area contributed by atoms with Gasteiger partial charge in [-0.3, -0.25) is 0 Å². The number of rotatable bonds is 5. The van der Waals surface area contributed by atoms with Crippen LogP contribution in [-0.2, 0) is 19.6 Å². The minimum atomic E-state index is -0.341. The van der Waals surface area contributed by atoms with Crippen molar-refractivity contribution in [2.75, 3.05) is 0 Å². The zero-order valence-electron chi connectivity index (χ0n) is 13.5. The summed E-state index contributed by atoms with van der Waals surface area (Å²) in [6.45, 7) is 15.4. The molecule has 0 aromatic heterocycles. The van der Waals surface area contributed by atoms with Crippen LogP contribution in [-0.4, -0.2) is 23.4 Å². The van der Waals surface area contributed by atoms with E-state index in [0.29, 0.717) is 0 Å². The van der Waals surface area contributed by atoms with Crippen LogP contribution in [0, 0.1) is 11.8 Å². The Morgan fingerprint density at radius 3 is 1.74 bits per heavy atom. The van der Waals surface area contributed by atoms with Crippen LogP contribution >= 0.6 is 0 Å². The van der Waals surface area contributed by atoms with Crippen molar-refractivity contribution >= 4 is 0 Å². The maximum Gasteiger partial charge on any atom is 0.153 e. The molecular weight excluding hydrogens is 244 g/mol. The van der Waals surface area contributed by atoms with Crippen LogP contribution in [0.5, 0.6) is 0 Å². The summed E-state index contributed by atoms with van der Waals surface area (Å²) in [6, 6.07) is 0. The molecule has 0 rings (SSSR count). The summed E-state index contributed by atoms with van der Waals surface area (Å²) >= 11 is 0. The highest BCUT2D eigenvalue weighted by Gasteiger charge is 2.15. The maximum absolute atomic E-state index is 5.28. The molecule has 0 heterocycles. The molecule has 0 aromatic carbocycles. The van der Waals surface area contributed by atoms with E-state index in [0.717, 1.165) is 6.42 Å². The van der Waals surface area contributed by atoms with Gasteiger partial charge in [0, 0.05) is 0 Å². The van der Waals surface area contributed by atoms with Gasteiger partial charge in [-0.1, -0.05) is 18.8 Å². The Morgan fingerprint density at radius 1 is 0.842 bits per heavy atom. The third-order valence-electron chi connectivity index (χ3n) is 1.68. The summed E-state index contributed by atoms with van der Waals surface area (Å²) in [6.07, 6.45) is 0.169. The molecule has 0 aliphatic carbocycles. The van der Waals surface area contributed by atoms with E-state index in [9.17, 15) is 0 Å².